The van der Waals surface area contributed by atoms with Gasteiger partial charge in [0.05, 0.1) is 30.8 Å². The van der Waals surface area contributed by atoms with Crippen LogP contribution in [0.4, 0.5) is 0 Å². The highest BCUT2D eigenvalue weighted by Gasteiger charge is 2.55. The average Bonchev–Trinajstić information content (AvgIpc) is 2.99. The molecule has 7 nitrogen and oxygen atoms in total. The normalized spacial score (nSPS) is 25.4. The molecule has 0 aromatic heterocycles. The molecule has 1 aliphatic carbocycles. The predicted molar refractivity (Wildman–Crippen MR) is 109 cm³/mol. The first-order valence-electron chi connectivity index (χ1n) is 10.9. The second kappa shape index (κ2) is 13.7. The molecule has 1 saturated carbocycles. The molecule has 3 N–H and O–H groups in total. The molecule has 168 valence electrons. The van der Waals surface area contributed by atoms with E-state index in [1.165, 1.54) is 0 Å². The Bertz CT molecular complexity index is 519. The maximum absolute atomic E-state index is 12.9. The minimum atomic E-state index is -1.04. The van der Waals surface area contributed by atoms with Gasteiger partial charge in [0.1, 0.15) is 6.61 Å². The van der Waals surface area contributed by atoms with Gasteiger partial charge in [0.2, 0.25) is 0 Å². The van der Waals surface area contributed by atoms with Crippen LogP contribution < -0.4 is 0 Å². The van der Waals surface area contributed by atoms with E-state index < -0.39 is 23.5 Å². The third kappa shape index (κ3) is 8.07. The summed E-state index contributed by atoms with van der Waals surface area (Å²) >= 11 is 0. The van der Waals surface area contributed by atoms with Gasteiger partial charge < -0.3 is 24.8 Å². The molecule has 0 saturated heterocycles. The molecule has 1 aliphatic rings. The lowest BCUT2D eigenvalue weighted by Crippen LogP contribution is -2.44. The van der Waals surface area contributed by atoms with Crippen LogP contribution in [0, 0.1) is 11.3 Å². The van der Waals surface area contributed by atoms with Gasteiger partial charge in [-0.25, -0.2) is 4.79 Å². The van der Waals surface area contributed by atoms with E-state index in [0.29, 0.717) is 32.1 Å². The van der Waals surface area contributed by atoms with Gasteiger partial charge in [-0.15, -0.1) is 0 Å². The molecule has 0 aromatic rings. The number of carboxylic acids is 1. The van der Waals surface area contributed by atoms with E-state index in [4.69, 9.17) is 14.6 Å². The second-order valence-electron chi connectivity index (χ2n) is 7.86. The highest BCUT2D eigenvalue weighted by molar-refractivity contribution is 5.79. The van der Waals surface area contributed by atoms with Crippen LogP contribution >= 0.6 is 0 Å². The van der Waals surface area contributed by atoms with Crippen LogP contribution in [0.25, 0.3) is 0 Å². The van der Waals surface area contributed by atoms with Crippen molar-refractivity contribution in [3.05, 3.63) is 12.2 Å². The van der Waals surface area contributed by atoms with Crippen molar-refractivity contribution in [2.75, 3.05) is 19.8 Å². The maximum Gasteiger partial charge on any atom is 0.329 e. The van der Waals surface area contributed by atoms with Crippen LogP contribution in [-0.2, 0) is 19.1 Å². The molecule has 7 heteroatoms. The number of esters is 1. The number of allylic oxidation sites excluding steroid dienone is 1. The molecule has 1 fully saturated rings. The fourth-order valence-electron chi connectivity index (χ4n) is 4.23. The summed E-state index contributed by atoms with van der Waals surface area (Å²) in [5, 5.41) is 29.6. The molecule has 0 spiro atoms. The van der Waals surface area contributed by atoms with Crippen LogP contribution in [0.3, 0.4) is 0 Å². The standard InChI is InChI=1S/C22H38O7/c1-3-5-6-9-18(23)12-10-17-11-13-19(24)22(17,21(27)29-4-2)14-7-8-15-28-16-20(25)26/h7-8,17-19,23-24H,3-6,9-16H2,1-2H3,(H,25,26)/b8-7-. The Balaban J connectivity index is 2.76. The van der Waals surface area contributed by atoms with E-state index in [2.05, 4.69) is 6.92 Å². The molecule has 4 unspecified atom stereocenters. The topological polar surface area (TPSA) is 113 Å². The minimum absolute atomic E-state index is 0.0676. The Hall–Kier alpha value is -1.44. The number of aliphatic hydroxyl groups excluding tert-OH is 2. The zero-order chi connectivity index (χ0) is 21.7. The SMILES string of the molecule is CCCCCC(O)CCC1CCC(O)C1(C/C=C\COCC(=O)O)C(=O)OCC. The summed E-state index contributed by atoms with van der Waals surface area (Å²) in [5.41, 5.74) is -1.03. The second-order valence-corrected chi connectivity index (χ2v) is 7.86. The van der Waals surface area contributed by atoms with E-state index in [-0.39, 0.29) is 31.8 Å². The molecule has 4 atom stereocenters. The van der Waals surface area contributed by atoms with Crippen molar-refractivity contribution in [2.24, 2.45) is 11.3 Å². The van der Waals surface area contributed by atoms with Crippen molar-refractivity contribution >= 4 is 11.9 Å². The van der Waals surface area contributed by atoms with Crippen LogP contribution in [0.1, 0.15) is 71.6 Å². The number of carboxylic acid groups (broad SMARTS) is 1. The molecular formula is C22H38O7. The van der Waals surface area contributed by atoms with Crippen LogP contribution in [-0.4, -0.2) is 59.3 Å². The quantitative estimate of drug-likeness (QED) is 0.214. The van der Waals surface area contributed by atoms with Gasteiger partial charge in [0, 0.05) is 0 Å². The lowest BCUT2D eigenvalue weighted by Gasteiger charge is -2.35. The number of hydrogen-bond acceptors (Lipinski definition) is 6. The van der Waals surface area contributed by atoms with Crippen molar-refractivity contribution in [2.45, 2.75) is 83.8 Å². The van der Waals surface area contributed by atoms with Crippen molar-refractivity contribution in [1.29, 1.82) is 0 Å². The van der Waals surface area contributed by atoms with Gasteiger partial charge in [0.25, 0.3) is 0 Å². The fourth-order valence-corrected chi connectivity index (χ4v) is 4.23. The highest BCUT2D eigenvalue weighted by atomic mass is 16.5. The molecule has 1 rings (SSSR count). The third-order valence-electron chi connectivity index (χ3n) is 5.82. The van der Waals surface area contributed by atoms with Gasteiger partial charge in [-0.2, -0.15) is 0 Å². The van der Waals surface area contributed by atoms with E-state index in [9.17, 15) is 19.8 Å². The highest BCUT2D eigenvalue weighted by Crippen LogP contribution is 2.50. The Morgan fingerprint density at radius 1 is 1.17 bits per heavy atom. The minimum Gasteiger partial charge on any atom is -0.480 e. The first-order chi connectivity index (χ1) is 13.9. The first-order valence-corrected chi connectivity index (χ1v) is 10.9. The number of rotatable bonds is 15. The van der Waals surface area contributed by atoms with Crippen LogP contribution in [0.2, 0.25) is 0 Å². The van der Waals surface area contributed by atoms with Gasteiger partial charge in [-0.3, -0.25) is 4.79 Å². The third-order valence-corrected chi connectivity index (χ3v) is 5.82. The van der Waals surface area contributed by atoms with Crippen molar-refractivity contribution < 1.29 is 34.4 Å². The summed E-state index contributed by atoms with van der Waals surface area (Å²) in [4.78, 5) is 23.4. The number of carbonyl (C=O) groups is 2. The largest absolute Gasteiger partial charge is 0.480 e. The van der Waals surface area contributed by atoms with Crippen molar-refractivity contribution in [3.63, 3.8) is 0 Å². The summed E-state index contributed by atoms with van der Waals surface area (Å²) in [6.45, 7) is 3.86. The van der Waals surface area contributed by atoms with Crippen LogP contribution in [0.5, 0.6) is 0 Å². The number of unbranched alkanes of at least 4 members (excludes halogenated alkanes) is 2. The maximum atomic E-state index is 12.9. The summed E-state index contributed by atoms with van der Waals surface area (Å²) in [6, 6.07) is 0. The van der Waals surface area contributed by atoms with E-state index >= 15 is 0 Å². The molecule has 0 bridgehead atoms. The zero-order valence-electron chi connectivity index (χ0n) is 17.8. The molecule has 29 heavy (non-hydrogen) atoms. The van der Waals surface area contributed by atoms with Crippen molar-refractivity contribution in [1.82, 2.24) is 0 Å². The Labute approximate surface area is 174 Å². The lowest BCUT2D eigenvalue weighted by atomic mass is 9.71. The molecule has 0 aliphatic heterocycles. The molecule has 0 heterocycles. The number of hydrogen-bond donors (Lipinski definition) is 3. The van der Waals surface area contributed by atoms with E-state index in [0.717, 1.165) is 25.7 Å². The van der Waals surface area contributed by atoms with Gasteiger partial charge in [-0.1, -0.05) is 38.3 Å². The van der Waals surface area contributed by atoms with Crippen molar-refractivity contribution in [3.8, 4) is 0 Å². The monoisotopic (exact) mass is 414 g/mol. The number of aliphatic hydroxyl groups is 2. The lowest BCUT2D eigenvalue weighted by molar-refractivity contribution is -0.165. The number of ether oxygens (including phenoxy) is 2. The summed E-state index contributed by atoms with van der Waals surface area (Å²) in [7, 11) is 0. The Morgan fingerprint density at radius 3 is 2.59 bits per heavy atom. The molecule has 0 radical (unpaired) electrons. The molecular weight excluding hydrogens is 376 g/mol. The Morgan fingerprint density at radius 2 is 1.93 bits per heavy atom. The molecule has 0 aromatic carbocycles. The Kier molecular flexibility index (Phi) is 12.1. The average molecular weight is 415 g/mol. The van der Waals surface area contributed by atoms with Gasteiger partial charge in [0.15, 0.2) is 0 Å². The summed E-state index contributed by atoms with van der Waals surface area (Å²) < 4.78 is 10.3. The summed E-state index contributed by atoms with van der Waals surface area (Å²) in [6.07, 6.45) is 9.01. The smallest absolute Gasteiger partial charge is 0.329 e. The number of carbonyl (C=O) groups excluding carboxylic acids is 1. The van der Waals surface area contributed by atoms with E-state index in [1.807, 2.05) is 0 Å². The first kappa shape index (κ1) is 25.6. The predicted octanol–water partition coefficient (Wildman–Crippen LogP) is 3.08. The summed E-state index contributed by atoms with van der Waals surface area (Å²) in [5.74, 6) is -1.50. The van der Waals surface area contributed by atoms with Crippen LogP contribution in [0.15, 0.2) is 12.2 Å². The zero-order valence-corrected chi connectivity index (χ0v) is 17.8. The van der Waals surface area contributed by atoms with Gasteiger partial charge in [-0.05, 0) is 51.4 Å². The fraction of sp³-hybridized carbons (Fsp3) is 0.818. The number of aliphatic carboxylic acids is 1. The van der Waals surface area contributed by atoms with Gasteiger partial charge >= 0.3 is 11.9 Å². The molecule has 0 amide bonds. The van der Waals surface area contributed by atoms with E-state index in [1.54, 1.807) is 19.1 Å².